The summed E-state index contributed by atoms with van der Waals surface area (Å²) in [6.07, 6.45) is 3.92. The molecule has 0 amide bonds. The van der Waals surface area contributed by atoms with Gasteiger partial charge in [-0.1, -0.05) is 13.8 Å². The topological polar surface area (TPSA) is 26.3 Å². The van der Waals surface area contributed by atoms with Gasteiger partial charge in [-0.2, -0.15) is 0 Å². The Morgan fingerprint density at radius 1 is 1.15 bits per heavy atom. The van der Waals surface area contributed by atoms with E-state index in [1.165, 1.54) is 0 Å². The van der Waals surface area contributed by atoms with E-state index in [0.29, 0.717) is 0 Å². The molecule has 1 aliphatic rings. The highest BCUT2D eigenvalue weighted by atomic mass is 16.5. The molecule has 1 aliphatic heterocycles. The van der Waals surface area contributed by atoms with Gasteiger partial charge in [-0.15, -0.1) is 0 Å². The molecule has 1 unspecified atom stereocenters. The van der Waals surface area contributed by atoms with Gasteiger partial charge in [-0.25, -0.2) is 0 Å². The van der Waals surface area contributed by atoms with Gasteiger partial charge in [0.25, 0.3) is 0 Å². The Bertz CT molecular complexity index is 163. The average Bonchev–Trinajstić information content (AvgIpc) is 2.06. The van der Waals surface area contributed by atoms with E-state index in [0.717, 1.165) is 25.5 Å². The first-order chi connectivity index (χ1) is 5.97. The van der Waals surface area contributed by atoms with Crippen molar-refractivity contribution in [2.45, 2.75) is 65.1 Å². The first-order valence-corrected chi connectivity index (χ1v) is 5.14. The number of carbonyl (C=O) groups is 1. The summed E-state index contributed by atoms with van der Waals surface area (Å²) in [5, 5.41) is 0. The van der Waals surface area contributed by atoms with E-state index >= 15 is 0 Å². The molecule has 2 nitrogen and oxygen atoms in total. The Labute approximate surface area is 81.7 Å². The van der Waals surface area contributed by atoms with Crippen molar-refractivity contribution >= 4 is 6.29 Å². The van der Waals surface area contributed by atoms with Gasteiger partial charge in [-0.3, -0.25) is 0 Å². The van der Waals surface area contributed by atoms with Crippen LogP contribution in [0.4, 0.5) is 0 Å². The second-order valence-corrected chi connectivity index (χ2v) is 4.15. The minimum atomic E-state index is -0.526. The number of aldehydes is 1. The van der Waals surface area contributed by atoms with E-state index in [9.17, 15) is 4.79 Å². The molecule has 0 aromatic carbocycles. The second-order valence-electron chi connectivity index (χ2n) is 4.15. The molecule has 0 N–H and O–H groups in total. The molecule has 0 radical (unpaired) electrons. The van der Waals surface area contributed by atoms with Crippen LogP contribution >= 0.6 is 0 Å². The minimum absolute atomic E-state index is 0.117. The van der Waals surface area contributed by atoms with Crippen LogP contribution in [0.2, 0.25) is 0 Å². The Morgan fingerprint density at radius 2 is 1.69 bits per heavy atom. The van der Waals surface area contributed by atoms with Crippen molar-refractivity contribution in [3.8, 4) is 0 Å². The standard InChI is InChI=1S/C9H16O2.C2H6/c1-8(2)5-4-6-9(3,7-10)11-8;1-2/h7H,4-6H2,1-3H3;1-2H3. The van der Waals surface area contributed by atoms with Gasteiger partial charge < -0.3 is 9.53 Å². The van der Waals surface area contributed by atoms with Crippen LogP contribution in [0, 0.1) is 0 Å². The number of ether oxygens (including phenoxy) is 1. The molecule has 0 bridgehead atoms. The summed E-state index contributed by atoms with van der Waals surface area (Å²) < 4.78 is 5.64. The SMILES string of the molecule is CC.CC1(C)CCCC(C)(C=O)O1. The van der Waals surface area contributed by atoms with Crippen molar-refractivity contribution in [3.63, 3.8) is 0 Å². The molecule has 1 atom stereocenters. The molecule has 78 valence electrons. The summed E-state index contributed by atoms with van der Waals surface area (Å²) >= 11 is 0. The quantitative estimate of drug-likeness (QED) is 0.588. The van der Waals surface area contributed by atoms with Crippen molar-refractivity contribution in [2.75, 3.05) is 0 Å². The zero-order valence-electron chi connectivity index (χ0n) is 9.52. The lowest BCUT2D eigenvalue weighted by Crippen LogP contribution is -2.44. The van der Waals surface area contributed by atoms with Crippen LogP contribution in [0.1, 0.15) is 53.9 Å². The van der Waals surface area contributed by atoms with Gasteiger partial charge >= 0.3 is 0 Å². The molecule has 1 rings (SSSR count). The summed E-state index contributed by atoms with van der Waals surface area (Å²) in [5.41, 5.74) is -0.643. The first kappa shape index (κ1) is 12.6. The Hall–Kier alpha value is -0.370. The maximum Gasteiger partial charge on any atom is 0.151 e. The molecule has 13 heavy (non-hydrogen) atoms. The van der Waals surface area contributed by atoms with Crippen molar-refractivity contribution in [1.29, 1.82) is 0 Å². The van der Waals surface area contributed by atoms with Crippen LogP contribution in [0.25, 0.3) is 0 Å². The number of rotatable bonds is 1. The number of hydrogen-bond donors (Lipinski definition) is 0. The van der Waals surface area contributed by atoms with E-state index < -0.39 is 5.60 Å². The highest BCUT2D eigenvalue weighted by molar-refractivity contribution is 5.61. The lowest BCUT2D eigenvalue weighted by Gasteiger charge is -2.40. The molecule has 0 aromatic heterocycles. The normalized spacial score (nSPS) is 31.5. The third-order valence-electron chi connectivity index (χ3n) is 2.21. The zero-order chi connectivity index (χ0) is 10.5. The third kappa shape index (κ3) is 3.90. The molecule has 1 heterocycles. The highest BCUT2D eigenvalue weighted by Crippen LogP contribution is 2.33. The minimum Gasteiger partial charge on any atom is -0.362 e. The van der Waals surface area contributed by atoms with Crippen LogP contribution in [0.3, 0.4) is 0 Å². The van der Waals surface area contributed by atoms with Crippen molar-refractivity contribution < 1.29 is 9.53 Å². The fourth-order valence-corrected chi connectivity index (χ4v) is 1.68. The predicted molar refractivity (Wildman–Crippen MR) is 54.8 cm³/mol. The van der Waals surface area contributed by atoms with Gasteiger partial charge in [-0.05, 0) is 40.0 Å². The number of hydrogen-bond acceptors (Lipinski definition) is 2. The molecular weight excluding hydrogens is 164 g/mol. The molecule has 0 aliphatic carbocycles. The second kappa shape index (κ2) is 4.75. The van der Waals surface area contributed by atoms with Crippen LogP contribution in [0.5, 0.6) is 0 Å². The molecule has 1 fully saturated rings. The molecular formula is C11H22O2. The van der Waals surface area contributed by atoms with Gasteiger partial charge in [0.1, 0.15) is 5.60 Å². The zero-order valence-corrected chi connectivity index (χ0v) is 9.52. The van der Waals surface area contributed by atoms with Crippen LogP contribution in [-0.4, -0.2) is 17.5 Å². The highest BCUT2D eigenvalue weighted by Gasteiger charge is 2.36. The third-order valence-corrected chi connectivity index (χ3v) is 2.21. The van der Waals surface area contributed by atoms with E-state index in [-0.39, 0.29) is 5.60 Å². The molecule has 2 heteroatoms. The molecule has 1 saturated heterocycles. The Kier molecular flexibility index (Phi) is 4.62. The molecule has 0 spiro atoms. The summed E-state index contributed by atoms with van der Waals surface area (Å²) in [7, 11) is 0. The van der Waals surface area contributed by atoms with Gasteiger partial charge in [0.2, 0.25) is 0 Å². The molecule has 0 aromatic rings. The van der Waals surface area contributed by atoms with E-state index in [2.05, 4.69) is 0 Å². The fourth-order valence-electron chi connectivity index (χ4n) is 1.68. The Morgan fingerprint density at radius 3 is 2.00 bits per heavy atom. The maximum absolute atomic E-state index is 10.6. The average molecular weight is 186 g/mol. The summed E-state index contributed by atoms with van der Waals surface area (Å²) in [6.45, 7) is 9.93. The lowest BCUT2D eigenvalue weighted by atomic mass is 9.89. The van der Waals surface area contributed by atoms with Crippen molar-refractivity contribution in [1.82, 2.24) is 0 Å². The summed E-state index contributed by atoms with van der Waals surface area (Å²) in [5.74, 6) is 0. The lowest BCUT2D eigenvalue weighted by molar-refractivity contribution is -0.169. The first-order valence-electron chi connectivity index (χ1n) is 5.14. The fraction of sp³-hybridized carbons (Fsp3) is 0.909. The maximum atomic E-state index is 10.6. The van der Waals surface area contributed by atoms with Crippen LogP contribution in [0.15, 0.2) is 0 Å². The van der Waals surface area contributed by atoms with E-state index in [1.807, 2.05) is 34.6 Å². The smallest absolute Gasteiger partial charge is 0.151 e. The summed E-state index contributed by atoms with van der Waals surface area (Å²) in [6, 6.07) is 0. The monoisotopic (exact) mass is 186 g/mol. The van der Waals surface area contributed by atoms with Crippen molar-refractivity contribution in [2.24, 2.45) is 0 Å². The summed E-state index contributed by atoms with van der Waals surface area (Å²) in [4.78, 5) is 10.6. The largest absolute Gasteiger partial charge is 0.362 e. The molecule has 0 saturated carbocycles. The van der Waals surface area contributed by atoms with E-state index in [1.54, 1.807) is 0 Å². The Balaban J connectivity index is 0.000000671. The van der Waals surface area contributed by atoms with Gasteiger partial charge in [0.05, 0.1) is 5.60 Å². The van der Waals surface area contributed by atoms with Crippen LogP contribution in [-0.2, 0) is 9.53 Å². The van der Waals surface area contributed by atoms with Gasteiger partial charge in [0.15, 0.2) is 6.29 Å². The van der Waals surface area contributed by atoms with Crippen molar-refractivity contribution in [3.05, 3.63) is 0 Å². The number of carbonyl (C=O) groups excluding carboxylic acids is 1. The van der Waals surface area contributed by atoms with E-state index in [4.69, 9.17) is 4.74 Å². The van der Waals surface area contributed by atoms with Crippen LogP contribution < -0.4 is 0 Å². The predicted octanol–water partition coefficient (Wildman–Crippen LogP) is 2.95. The van der Waals surface area contributed by atoms with Gasteiger partial charge in [0, 0.05) is 0 Å².